The number of rotatable bonds is 3. The number of para-hydroxylation sites is 1. The summed E-state index contributed by atoms with van der Waals surface area (Å²) in [4.78, 5) is 2.62. The Hall–Kier alpha value is -1.92. The number of benzene rings is 2. The summed E-state index contributed by atoms with van der Waals surface area (Å²) in [6, 6.07) is 12.5. The van der Waals surface area contributed by atoms with Gasteiger partial charge in [-0.3, -0.25) is 5.01 Å². The van der Waals surface area contributed by atoms with Crippen LogP contribution in [0.15, 0.2) is 53.4 Å². The summed E-state index contributed by atoms with van der Waals surface area (Å²) in [6.07, 6.45) is 1.81. The minimum absolute atomic E-state index is 0.0481. The van der Waals surface area contributed by atoms with Crippen molar-refractivity contribution in [2.45, 2.75) is 17.7 Å². The molecule has 4 nitrogen and oxygen atoms in total. The minimum Gasteiger partial charge on any atom is -0.294 e. The number of aryl methyl sites for hydroxylation is 1. The van der Waals surface area contributed by atoms with E-state index >= 15 is 0 Å². The summed E-state index contributed by atoms with van der Waals surface area (Å²) in [7, 11) is -3.71. The summed E-state index contributed by atoms with van der Waals surface area (Å²) in [6.45, 7) is 0.609. The van der Waals surface area contributed by atoms with Crippen molar-refractivity contribution in [3.05, 3.63) is 59.9 Å². The second-order valence-electron chi connectivity index (χ2n) is 4.93. The predicted octanol–water partition coefficient (Wildman–Crippen LogP) is 2.47. The molecule has 0 spiro atoms. The Morgan fingerprint density at radius 1 is 1.05 bits per heavy atom. The van der Waals surface area contributed by atoms with Gasteiger partial charge >= 0.3 is 0 Å². The molecule has 0 radical (unpaired) electrons. The van der Waals surface area contributed by atoms with E-state index in [0.717, 1.165) is 36.2 Å². The van der Waals surface area contributed by atoms with Crippen molar-refractivity contribution in [3.63, 3.8) is 0 Å². The highest BCUT2D eigenvalue weighted by Crippen LogP contribution is 2.26. The molecule has 1 heterocycles. The molecule has 0 saturated heterocycles. The van der Waals surface area contributed by atoms with E-state index in [1.807, 2.05) is 24.3 Å². The molecule has 6 heteroatoms. The van der Waals surface area contributed by atoms with Crippen molar-refractivity contribution in [2.24, 2.45) is 0 Å². The van der Waals surface area contributed by atoms with Crippen LogP contribution in [0.4, 0.5) is 10.1 Å². The van der Waals surface area contributed by atoms with Gasteiger partial charge in [-0.2, -0.15) is 0 Å². The lowest BCUT2D eigenvalue weighted by atomic mass is 10.0. The van der Waals surface area contributed by atoms with E-state index < -0.39 is 15.8 Å². The zero-order valence-electron chi connectivity index (χ0n) is 11.3. The molecule has 21 heavy (non-hydrogen) atoms. The highest BCUT2D eigenvalue weighted by atomic mass is 32.2. The summed E-state index contributed by atoms with van der Waals surface area (Å²) < 4.78 is 37.6. The Kier molecular flexibility index (Phi) is 3.65. The molecule has 110 valence electrons. The lowest BCUT2D eigenvalue weighted by Crippen LogP contribution is -2.45. The minimum atomic E-state index is -3.71. The van der Waals surface area contributed by atoms with Gasteiger partial charge < -0.3 is 0 Å². The standard InChI is InChI=1S/C15H15FN2O2S/c16-13-7-9-14(10-8-13)21(19,20)17-18-11-3-5-12-4-1-2-6-15(12)18/h1-2,4,6-10,17H,3,5,11H2. The first-order valence-corrected chi connectivity index (χ1v) is 8.18. The van der Waals surface area contributed by atoms with E-state index in [9.17, 15) is 12.8 Å². The fraction of sp³-hybridized carbons (Fsp3) is 0.200. The first kappa shape index (κ1) is 14.0. The van der Waals surface area contributed by atoms with Crippen LogP contribution in [0.5, 0.6) is 0 Å². The van der Waals surface area contributed by atoms with Gasteiger partial charge in [0, 0.05) is 6.54 Å². The second-order valence-corrected chi connectivity index (χ2v) is 6.59. The molecule has 1 aliphatic rings. The number of halogens is 1. The van der Waals surface area contributed by atoms with Crippen LogP contribution in [-0.4, -0.2) is 15.0 Å². The monoisotopic (exact) mass is 306 g/mol. The molecule has 0 aromatic heterocycles. The maximum Gasteiger partial charge on any atom is 0.257 e. The van der Waals surface area contributed by atoms with Crippen LogP contribution in [0.25, 0.3) is 0 Å². The van der Waals surface area contributed by atoms with E-state index in [-0.39, 0.29) is 4.90 Å². The fourth-order valence-corrected chi connectivity index (χ4v) is 3.52. The molecule has 0 aliphatic carbocycles. The average Bonchev–Trinajstić information content (AvgIpc) is 2.48. The molecule has 1 N–H and O–H groups in total. The highest BCUT2D eigenvalue weighted by molar-refractivity contribution is 7.89. The van der Waals surface area contributed by atoms with Crippen LogP contribution in [-0.2, 0) is 16.4 Å². The number of hydrazine groups is 1. The largest absolute Gasteiger partial charge is 0.294 e. The smallest absolute Gasteiger partial charge is 0.257 e. The quantitative estimate of drug-likeness (QED) is 0.948. The van der Waals surface area contributed by atoms with E-state index in [1.165, 1.54) is 12.1 Å². The van der Waals surface area contributed by atoms with Crippen molar-refractivity contribution >= 4 is 15.7 Å². The number of fused-ring (bicyclic) bond motifs is 1. The van der Waals surface area contributed by atoms with Gasteiger partial charge in [-0.05, 0) is 48.7 Å². The number of nitrogens with zero attached hydrogens (tertiary/aromatic N) is 1. The number of anilines is 1. The normalized spacial score (nSPS) is 14.8. The van der Waals surface area contributed by atoms with E-state index in [4.69, 9.17) is 0 Å². The zero-order chi connectivity index (χ0) is 14.9. The van der Waals surface area contributed by atoms with Crippen LogP contribution >= 0.6 is 0 Å². The van der Waals surface area contributed by atoms with E-state index in [2.05, 4.69) is 4.83 Å². The SMILES string of the molecule is O=S(=O)(NN1CCCc2ccccc21)c1ccc(F)cc1. The van der Waals surface area contributed by atoms with Crippen molar-refractivity contribution in [1.29, 1.82) is 0 Å². The summed E-state index contributed by atoms with van der Waals surface area (Å²) in [5.74, 6) is -0.461. The molecule has 3 rings (SSSR count). The summed E-state index contributed by atoms with van der Waals surface area (Å²) in [5, 5.41) is 1.64. The molecule has 0 atom stereocenters. The topological polar surface area (TPSA) is 49.4 Å². The maximum atomic E-state index is 12.9. The Morgan fingerprint density at radius 3 is 2.52 bits per heavy atom. The molecular formula is C15H15FN2O2S. The highest BCUT2D eigenvalue weighted by Gasteiger charge is 2.22. The van der Waals surface area contributed by atoms with Crippen LogP contribution in [0, 0.1) is 5.82 Å². The van der Waals surface area contributed by atoms with Gasteiger partial charge in [-0.15, -0.1) is 4.83 Å². The van der Waals surface area contributed by atoms with Crippen molar-refractivity contribution < 1.29 is 12.8 Å². The molecule has 0 unspecified atom stereocenters. The third kappa shape index (κ3) is 2.91. The summed E-state index contributed by atoms with van der Waals surface area (Å²) in [5.41, 5.74) is 1.99. The Morgan fingerprint density at radius 2 is 1.76 bits per heavy atom. The molecule has 0 bridgehead atoms. The molecule has 1 aliphatic heterocycles. The first-order chi connectivity index (χ1) is 10.1. The van der Waals surface area contributed by atoms with Crippen LogP contribution in [0.3, 0.4) is 0 Å². The third-order valence-corrected chi connectivity index (χ3v) is 4.82. The number of sulfonamides is 1. The lowest BCUT2D eigenvalue weighted by molar-refractivity contribution is 0.568. The number of hydrogen-bond acceptors (Lipinski definition) is 3. The molecule has 0 saturated carbocycles. The van der Waals surface area contributed by atoms with Gasteiger partial charge in [0.1, 0.15) is 5.82 Å². The van der Waals surface area contributed by atoms with Crippen molar-refractivity contribution in [1.82, 2.24) is 4.83 Å². The average molecular weight is 306 g/mol. The van der Waals surface area contributed by atoms with E-state index in [1.54, 1.807) is 5.01 Å². The zero-order valence-corrected chi connectivity index (χ0v) is 12.1. The van der Waals surface area contributed by atoms with Crippen molar-refractivity contribution in [3.8, 4) is 0 Å². The van der Waals surface area contributed by atoms with Gasteiger partial charge in [-0.1, -0.05) is 18.2 Å². The Bertz CT molecular complexity index is 745. The predicted molar refractivity (Wildman–Crippen MR) is 78.8 cm³/mol. The second kappa shape index (κ2) is 5.46. The van der Waals surface area contributed by atoms with Gasteiger partial charge in [0.05, 0.1) is 10.6 Å². The van der Waals surface area contributed by atoms with Gasteiger partial charge in [0.25, 0.3) is 10.0 Å². The number of hydrogen-bond donors (Lipinski definition) is 1. The van der Waals surface area contributed by atoms with Gasteiger partial charge in [0.15, 0.2) is 0 Å². The fourth-order valence-electron chi connectivity index (χ4n) is 2.44. The Labute approximate surface area is 123 Å². The number of nitrogens with one attached hydrogen (secondary N) is 1. The molecule has 2 aromatic carbocycles. The maximum absolute atomic E-state index is 12.9. The van der Waals surface area contributed by atoms with Crippen LogP contribution < -0.4 is 9.84 Å². The molecular weight excluding hydrogens is 291 g/mol. The lowest BCUT2D eigenvalue weighted by Gasteiger charge is -2.31. The van der Waals surface area contributed by atoms with E-state index in [0.29, 0.717) is 6.54 Å². The molecule has 0 fully saturated rings. The third-order valence-electron chi connectivity index (χ3n) is 3.46. The molecule has 0 amide bonds. The van der Waals surface area contributed by atoms with Crippen molar-refractivity contribution in [2.75, 3.05) is 11.6 Å². The van der Waals surface area contributed by atoms with Crippen LogP contribution in [0.1, 0.15) is 12.0 Å². The van der Waals surface area contributed by atoms with Gasteiger partial charge in [0.2, 0.25) is 0 Å². The van der Waals surface area contributed by atoms with Gasteiger partial charge in [-0.25, -0.2) is 12.8 Å². The first-order valence-electron chi connectivity index (χ1n) is 6.70. The van der Waals surface area contributed by atoms with Crippen LogP contribution in [0.2, 0.25) is 0 Å². The Balaban J connectivity index is 1.88. The molecule has 2 aromatic rings. The summed E-state index contributed by atoms with van der Waals surface area (Å²) >= 11 is 0.